The lowest BCUT2D eigenvalue weighted by Gasteiger charge is -2.37. The van der Waals surface area contributed by atoms with Crippen molar-refractivity contribution in [2.24, 2.45) is 0 Å². The van der Waals surface area contributed by atoms with Crippen molar-refractivity contribution in [3.8, 4) is 0 Å². The largest absolute Gasteiger partial charge is 0.370 e. The van der Waals surface area contributed by atoms with Crippen LogP contribution in [0.4, 0.5) is 0 Å². The highest BCUT2D eigenvalue weighted by atomic mass is 16.8. The number of ether oxygens (including phenoxy) is 5. The number of fused-ring (bicyclic) bond motifs is 1. The molecule has 5 rings (SSSR count). The fourth-order valence-corrected chi connectivity index (χ4v) is 4.59. The van der Waals surface area contributed by atoms with Crippen molar-refractivity contribution in [1.82, 2.24) is 0 Å². The maximum atomic E-state index is 6.49. The summed E-state index contributed by atoms with van der Waals surface area (Å²) in [5, 5.41) is 0. The zero-order valence-electron chi connectivity index (χ0n) is 17.4. The Balaban J connectivity index is 1.37. The first kappa shape index (κ1) is 19.9. The Morgan fingerprint density at radius 1 is 0.833 bits per heavy atom. The van der Waals surface area contributed by atoms with Gasteiger partial charge in [0, 0.05) is 0 Å². The molecule has 0 bridgehead atoms. The summed E-state index contributed by atoms with van der Waals surface area (Å²) >= 11 is 0. The first-order valence-corrected chi connectivity index (χ1v) is 10.6. The van der Waals surface area contributed by atoms with Crippen molar-refractivity contribution in [2.75, 3.05) is 0 Å². The molecule has 158 valence electrons. The third kappa shape index (κ3) is 3.72. The summed E-state index contributed by atoms with van der Waals surface area (Å²) in [6.07, 6.45) is 3.67. The van der Waals surface area contributed by atoms with Crippen LogP contribution in [-0.4, -0.2) is 36.0 Å². The van der Waals surface area contributed by atoms with Crippen molar-refractivity contribution in [2.45, 2.75) is 69.5 Å². The number of benzene rings is 2. The van der Waals surface area contributed by atoms with Gasteiger partial charge in [-0.1, -0.05) is 72.8 Å². The SMILES string of the molecule is CC1(C)O[C@H]2O[C@]3(C=CC[C@H]3OCc3ccccc3)[C@H](OCc3ccccc3)[C@H]2O1. The van der Waals surface area contributed by atoms with E-state index in [1.807, 2.05) is 50.2 Å². The van der Waals surface area contributed by atoms with Crippen molar-refractivity contribution in [1.29, 1.82) is 0 Å². The van der Waals surface area contributed by atoms with E-state index < -0.39 is 17.7 Å². The summed E-state index contributed by atoms with van der Waals surface area (Å²) < 4.78 is 31.5. The zero-order valence-corrected chi connectivity index (χ0v) is 17.4. The van der Waals surface area contributed by atoms with Gasteiger partial charge in [0.05, 0.1) is 19.3 Å². The van der Waals surface area contributed by atoms with Crippen LogP contribution in [-0.2, 0) is 36.9 Å². The minimum atomic E-state index is -0.727. The molecule has 30 heavy (non-hydrogen) atoms. The van der Waals surface area contributed by atoms with Gasteiger partial charge < -0.3 is 23.7 Å². The van der Waals surface area contributed by atoms with E-state index in [4.69, 9.17) is 23.7 Å². The molecule has 2 aromatic rings. The fraction of sp³-hybridized carbons (Fsp3) is 0.440. The lowest BCUT2D eigenvalue weighted by atomic mass is 9.91. The molecule has 1 spiro atoms. The molecule has 0 N–H and O–H groups in total. The molecule has 5 heteroatoms. The van der Waals surface area contributed by atoms with Gasteiger partial charge in [-0.3, -0.25) is 0 Å². The molecule has 2 aliphatic heterocycles. The van der Waals surface area contributed by atoms with Crippen molar-refractivity contribution in [3.63, 3.8) is 0 Å². The van der Waals surface area contributed by atoms with Crippen LogP contribution in [0.15, 0.2) is 72.8 Å². The molecule has 0 unspecified atom stereocenters. The first-order valence-electron chi connectivity index (χ1n) is 10.6. The van der Waals surface area contributed by atoms with Crippen molar-refractivity contribution >= 4 is 0 Å². The van der Waals surface area contributed by atoms with E-state index in [2.05, 4.69) is 36.4 Å². The van der Waals surface area contributed by atoms with E-state index in [0.717, 1.165) is 17.5 Å². The Hall–Kier alpha value is -2.02. The van der Waals surface area contributed by atoms with E-state index in [-0.39, 0.29) is 18.3 Å². The lowest BCUT2D eigenvalue weighted by Crippen LogP contribution is -2.52. The number of rotatable bonds is 6. The van der Waals surface area contributed by atoms with Gasteiger partial charge in [-0.05, 0) is 31.4 Å². The first-order chi connectivity index (χ1) is 14.6. The molecule has 2 heterocycles. The molecule has 2 aromatic carbocycles. The van der Waals surface area contributed by atoms with Gasteiger partial charge in [-0.2, -0.15) is 0 Å². The molecule has 3 aliphatic rings. The molecule has 1 aliphatic carbocycles. The monoisotopic (exact) mass is 408 g/mol. The Labute approximate surface area is 177 Å². The fourth-order valence-electron chi connectivity index (χ4n) is 4.59. The lowest BCUT2D eigenvalue weighted by molar-refractivity contribution is -0.253. The zero-order chi connectivity index (χ0) is 20.6. The average molecular weight is 408 g/mol. The maximum absolute atomic E-state index is 6.49. The third-order valence-electron chi connectivity index (χ3n) is 5.95. The molecular formula is C25H28O5. The van der Waals surface area contributed by atoms with Crippen LogP contribution in [0.2, 0.25) is 0 Å². The van der Waals surface area contributed by atoms with Gasteiger partial charge >= 0.3 is 0 Å². The molecule has 2 saturated heterocycles. The van der Waals surface area contributed by atoms with Gasteiger partial charge in [0.25, 0.3) is 0 Å². The van der Waals surface area contributed by atoms with Crippen LogP contribution >= 0.6 is 0 Å². The van der Waals surface area contributed by atoms with Gasteiger partial charge in [0.1, 0.15) is 17.8 Å². The predicted octanol–water partition coefficient (Wildman–Crippen LogP) is 4.36. The average Bonchev–Trinajstić information content (AvgIpc) is 3.37. The summed E-state index contributed by atoms with van der Waals surface area (Å²) in [6, 6.07) is 20.3. The topological polar surface area (TPSA) is 46.2 Å². The minimum absolute atomic E-state index is 0.167. The standard InChI is InChI=1S/C25H28O5/c1-24(2)28-21-22(27-17-19-12-7-4-8-13-19)25(30-23(21)29-24)15-9-14-20(25)26-16-18-10-5-3-6-11-18/h3-13,15,20-23H,14,16-17H2,1-2H3/t20-,21-,22-,23+,25+/m1/s1. The Kier molecular flexibility index (Phi) is 5.25. The quantitative estimate of drug-likeness (QED) is 0.665. The van der Waals surface area contributed by atoms with Crippen molar-refractivity contribution < 1.29 is 23.7 Å². The van der Waals surface area contributed by atoms with E-state index in [1.165, 1.54) is 0 Å². The van der Waals surface area contributed by atoms with Gasteiger partial charge in [0.2, 0.25) is 0 Å². The number of hydrogen-bond donors (Lipinski definition) is 0. The minimum Gasteiger partial charge on any atom is -0.370 e. The van der Waals surface area contributed by atoms with E-state index in [0.29, 0.717) is 13.2 Å². The number of hydrogen-bond acceptors (Lipinski definition) is 5. The highest BCUT2D eigenvalue weighted by molar-refractivity contribution is 5.25. The second-order valence-corrected chi connectivity index (χ2v) is 8.58. The van der Waals surface area contributed by atoms with E-state index >= 15 is 0 Å². The second-order valence-electron chi connectivity index (χ2n) is 8.58. The molecule has 0 saturated carbocycles. The summed E-state index contributed by atoms with van der Waals surface area (Å²) in [4.78, 5) is 0. The molecule has 2 fully saturated rings. The van der Waals surface area contributed by atoms with E-state index in [9.17, 15) is 0 Å². The maximum Gasteiger partial charge on any atom is 0.191 e. The Bertz CT molecular complexity index is 881. The van der Waals surface area contributed by atoms with Crippen LogP contribution in [0.5, 0.6) is 0 Å². The summed E-state index contributed by atoms with van der Waals surface area (Å²) in [5.41, 5.74) is 1.51. The highest BCUT2D eigenvalue weighted by Crippen LogP contribution is 2.49. The Morgan fingerprint density at radius 2 is 1.47 bits per heavy atom. The van der Waals surface area contributed by atoms with Gasteiger partial charge in [-0.25, -0.2) is 0 Å². The van der Waals surface area contributed by atoms with Gasteiger partial charge in [-0.15, -0.1) is 0 Å². The van der Waals surface area contributed by atoms with Gasteiger partial charge in [0.15, 0.2) is 12.1 Å². The molecule has 5 nitrogen and oxygen atoms in total. The molecule has 0 amide bonds. The molecular weight excluding hydrogens is 380 g/mol. The van der Waals surface area contributed by atoms with Crippen LogP contribution in [0, 0.1) is 0 Å². The normalized spacial score (nSPS) is 33.9. The highest BCUT2D eigenvalue weighted by Gasteiger charge is 2.65. The second kappa shape index (κ2) is 7.91. The van der Waals surface area contributed by atoms with Crippen LogP contribution in [0.3, 0.4) is 0 Å². The summed E-state index contributed by atoms with van der Waals surface area (Å²) in [7, 11) is 0. The van der Waals surface area contributed by atoms with Crippen LogP contribution < -0.4 is 0 Å². The smallest absolute Gasteiger partial charge is 0.191 e. The molecule has 0 radical (unpaired) electrons. The van der Waals surface area contributed by atoms with Crippen LogP contribution in [0.1, 0.15) is 31.4 Å². The Morgan fingerprint density at radius 3 is 2.13 bits per heavy atom. The van der Waals surface area contributed by atoms with Crippen LogP contribution in [0.25, 0.3) is 0 Å². The van der Waals surface area contributed by atoms with Crippen molar-refractivity contribution in [3.05, 3.63) is 83.9 Å². The molecule has 0 aromatic heterocycles. The van der Waals surface area contributed by atoms with E-state index in [1.54, 1.807) is 0 Å². The third-order valence-corrected chi connectivity index (χ3v) is 5.95. The summed E-state index contributed by atoms with van der Waals surface area (Å²) in [5.74, 6) is -0.700. The summed E-state index contributed by atoms with van der Waals surface area (Å²) in [6.45, 7) is 4.81. The molecule has 5 atom stereocenters. The predicted molar refractivity (Wildman–Crippen MR) is 111 cm³/mol.